The number of nitrogens with zero attached hydrogens (tertiary/aromatic N) is 1. The monoisotopic (exact) mass is 308 g/mol. The number of H-pyrrole nitrogens is 1. The first-order valence-corrected chi connectivity index (χ1v) is 7.64. The maximum atomic E-state index is 12.4. The Morgan fingerprint density at radius 1 is 1.55 bits per heavy atom. The standard InChI is InChI=1S/C15H24N4O3/c1-9(2)6-10-7-11(19-15(21)17-10)14(20)18-12-8-16-5-4-13(12)22-3/h7,9,12-13,16H,4-6,8H2,1-3H3,(H,18,20)(H,17,19,21)/t12-,13+/m0/s1. The zero-order valence-electron chi connectivity index (χ0n) is 13.3. The van der Waals surface area contributed by atoms with Crippen LogP contribution in [0.2, 0.25) is 0 Å². The van der Waals surface area contributed by atoms with Crippen molar-refractivity contribution in [3.8, 4) is 0 Å². The molecular weight excluding hydrogens is 284 g/mol. The summed E-state index contributed by atoms with van der Waals surface area (Å²) in [6.45, 7) is 5.61. The Morgan fingerprint density at radius 2 is 2.32 bits per heavy atom. The summed E-state index contributed by atoms with van der Waals surface area (Å²) in [6, 6.07) is 1.52. The second-order valence-corrected chi connectivity index (χ2v) is 6.04. The van der Waals surface area contributed by atoms with E-state index >= 15 is 0 Å². The van der Waals surface area contributed by atoms with Gasteiger partial charge in [0.15, 0.2) is 0 Å². The SMILES string of the molecule is CO[C@@H]1CCNC[C@@H]1NC(=O)c1cc(CC(C)C)[nH]c(=O)n1. The van der Waals surface area contributed by atoms with Crippen LogP contribution < -0.4 is 16.3 Å². The molecule has 1 saturated heterocycles. The van der Waals surface area contributed by atoms with Gasteiger partial charge in [0, 0.05) is 19.3 Å². The van der Waals surface area contributed by atoms with Crippen molar-refractivity contribution < 1.29 is 9.53 Å². The minimum Gasteiger partial charge on any atom is -0.379 e. The fourth-order valence-corrected chi connectivity index (χ4v) is 2.68. The lowest BCUT2D eigenvalue weighted by atomic mass is 10.0. The number of aromatic nitrogens is 2. The third-order valence-electron chi connectivity index (χ3n) is 3.70. The molecule has 1 fully saturated rings. The summed E-state index contributed by atoms with van der Waals surface area (Å²) in [7, 11) is 1.64. The van der Waals surface area contributed by atoms with Gasteiger partial charge in [-0.05, 0) is 31.4 Å². The Labute approximate surface area is 129 Å². The van der Waals surface area contributed by atoms with Crippen LogP contribution in [0.25, 0.3) is 0 Å². The number of rotatable bonds is 5. The van der Waals surface area contributed by atoms with Gasteiger partial charge in [0.1, 0.15) is 5.69 Å². The van der Waals surface area contributed by atoms with Crippen LogP contribution in [0.3, 0.4) is 0 Å². The van der Waals surface area contributed by atoms with Gasteiger partial charge in [0.25, 0.3) is 5.91 Å². The number of aromatic amines is 1. The van der Waals surface area contributed by atoms with Crippen LogP contribution in [0.15, 0.2) is 10.9 Å². The van der Waals surface area contributed by atoms with E-state index in [1.54, 1.807) is 13.2 Å². The van der Waals surface area contributed by atoms with Crippen LogP contribution in [0.1, 0.15) is 36.5 Å². The van der Waals surface area contributed by atoms with E-state index in [4.69, 9.17) is 4.74 Å². The second kappa shape index (κ2) is 7.51. The van der Waals surface area contributed by atoms with E-state index in [0.29, 0.717) is 18.9 Å². The van der Waals surface area contributed by atoms with Crippen LogP contribution in [-0.4, -0.2) is 48.2 Å². The zero-order chi connectivity index (χ0) is 16.1. The Morgan fingerprint density at radius 3 is 3.00 bits per heavy atom. The number of hydrogen-bond acceptors (Lipinski definition) is 5. The Kier molecular flexibility index (Phi) is 5.68. The van der Waals surface area contributed by atoms with Crippen LogP contribution in [0, 0.1) is 5.92 Å². The molecule has 1 aliphatic rings. The number of amides is 1. The van der Waals surface area contributed by atoms with Gasteiger partial charge in [-0.2, -0.15) is 4.98 Å². The predicted octanol–water partition coefficient (Wildman–Crippen LogP) is 0.0751. The number of carbonyl (C=O) groups is 1. The van der Waals surface area contributed by atoms with Crippen molar-refractivity contribution in [1.82, 2.24) is 20.6 Å². The summed E-state index contributed by atoms with van der Waals surface area (Å²) < 4.78 is 5.40. The van der Waals surface area contributed by atoms with Crippen molar-refractivity contribution in [2.45, 2.75) is 38.8 Å². The topological polar surface area (TPSA) is 96.1 Å². The molecule has 7 heteroatoms. The fraction of sp³-hybridized carbons (Fsp3) is 0.667. The summed E-state index contributed by atoms with van der Waals surface area (Å²) in [6.07, 6.45) is 1.51. The van der Waals surface area contributed by atoms with Gasteiger partial charge in [-0.3, -0.25) is 4.79 Å². The highest BCUT2D eigenvalue weighted by molar-refractivity contribution is 5.92. The lowest BCUT2D eigenvalue weighted by Gasteiger charge is -2.31. The normalized spacial score (nSPS) is 21.8. The maximum absolute atomic E-state index is 12.4. The Balaban J connectivity index is 2.11. The van der Waals surface area contributed by atoms with Gasteiger partial charge in [-0.15, -0.1) is 0 Å². The van der Waals surface area contributed by atoms with Crippen LogP contribution in [-0.2, 0) is 11.2 Å². The molecule has 2 atom stereocenters. The fourth-order valence-electron chi connectivity index (χ4n) is 2.68. The highest BCUT2D eigenvalue weighted by Gasteiger charge is 2.27. The number of ether oxygens (including phenoxy) is 1. The van der Waals surface area contributed by atoms with Crippen molar-refractivity contribution >= 4 is 5.91 Å². The minimum atomic E-state index is -0.492. The van der Waals surface area contributed by atoms with Crippen molar-refractivity contribution in [3.05, 3.63) is 27.9 Å². The van der Waals surface area contributed by atoms with Gasteiger partial charge in [-0.1, -0.05) is 13.8 Å². The van der Waals surface area contributed by atoms with E-state index in [0.717, 1.165) is 18.7 Å². The molecule has 0 unspecified atom stereocenters. The van der Waals surface area contributed by atoms with Gasteiger partial charge in [0.2, 0.25) is 0 Å². The summed E-state index contributed by atoms with van der Waals surface area (Å²) in [5, 5.41) is 6.12. The van der Waals surface area contributed by atoms with Crippen LogP contribution in [0.4, 0.5) is 0 Å². The maximum Gasteiger partial charge on any atom is 0.345 e. The van der Waals surface area contributed by atoms with E-state index in [-0.39, 0.29) is 23.7 Å². The van der Waals surface area contributed by atoms with E-state index in [9.17, 15) is 9.59 Å². The molecule has 0 spiro atoms. The predicted molar refractivity (Wildman–Crippen MR) is 82.9 cm³/mol. The Hall–Kier alpha value is -1.73. The molecule has 0 saturated carbocycles. The lowest BCUT2D eigenvalue weighted by molar-refractivity contribution is 0.0446. The van der Waals surface area contributed by atoms with E-state index in [1.165, 1.54) is 0 Å². The molecule has 0 bridgehead atoms. The average molecular weight is 308 g/mol. The average Bonchev–Trinajstić information content (AvgIpc) is 2.46. The smallest absolute Gasteiger partial charge is 0.345 e. The Bertz CT molecular complexity index is 570. The highest BCUT2D eigenvalue weighted by atomic mass is 16.5. The summed E-state index contributed by atoms with van der Waals surface area (Å²) in [5.74, 6) is 0.0428. The van der Waals surface area contributed by atoms with Crippen molar-refractivity contribution in [2.75, 3.05) is 20.2 Å². The first-order chi connectivity index (χ1) is 10.5. The number of hydrogen-bond donors (Lipinski definition) is 3. The summed E-state index contributed by atoms with van der Waals surface area (Å²) in [4.78, 5) is 30.4. The molecule has 2 rings (SSSR count). The third kappa shape index (κ3) is 4.38. The van der Waals surface area contributed by atoms with Crippen molar-refractivity contribution in [1.29, 1.82) is 0 Å². The third-order valence-corrected chi connectivity index (χ3v) is 3.70. The molecule has 2 heterocycles. The molecule has 1 aromatic heterocycles. The molecule has 0 radical (unpaired) electrons. The quantitative estimate of drug-likeness (QED) is 0.715. The molecule has 1 aromatic rings. The van der Waals surface area contributed by atoms with E-state index in [1.807, 2.05) is 0 Å². The summed E-state index contributed by atoms with van der Waals surface area (Å²) in [5.41, 5.74) is 0.387. The molecule has 3 N–H and O–H groups in total. The van der Waals surface area contributed by atoms with Crippen LogP contribution >= 0.6 is 0 Å². The van der Waals surface area contributed by atoms with Crippen molar-refractivity contribution in [2.24, 2.45) is 5.92 Å². The molecular formula is C15H24N4O3. The first kappa shape index (κ1) is 16.6. The molecule has 0 aromatic carbocycles. The largest absolute Gasteiger partial charge is 0.379 e. The zero-order valence-corrected chi connectivity index (χ0v) is 13.3. The number of nitrogens with one attached hydrogen (secondary N) is 3. The molecule has 1 aliphatic heterocycles. The van der Waals surface area contributed by atoms with Crippen molar-refractivity contribution in [3.63, 3.8) is 0 Å². The van der Waals surface area contributed by atoms with Crippen LogP contribution in [0.5, 0.6) is 0 Å². The lowest BCUT2D eigenvalue weighted by Crippen LogP contribution is -2.54. The molecule has 122 valence electrons. The first-order valence-electron chi connectivity index (χ1n) is 7.64. The minimum absolute atomic E-state index is 0.0256. The molecule has 0 aliphatic carbocycles. The second-order valence-electron chi connectivity index (χ2n) is 6.04. The van der Waals surface area contributed by atoms with Gasteiger partial charge in [0.05, 0.1) is 12.1 Å². The number of methoxy groups -OCH3 is 1. The van der Waals surface area contributed by atoms with E-state index < -0.39 is 5.69 Å². The van der Waals surface area contributed by atoms with Gasteiger partial charge < -0.3 is 20.4 Å². The van der Waals surface area contributed by atoms with Gasteiger partial charge in [-0.25, -0.2) is 4.79 Å². The van der Waals surface area contributed by atoms with Gasteiger partial charge >= 0.3 is 5.69 Å². The molecule has 22 heavy (non-hydrogen) atoms. The number of piperidine rings is 1. The number of carbonyl (C=O) groups excluding carboxylic acids is 1. The highest BCUT2D eigenvalue weighted by Crippen LogP contribution is 2.09. The molecule has 7 nitrogen and oxygen atoms in total. The van der Waals surface area contributed by atoms with E-state index in [2.05, 4.69) is 34.4 Å². The molecule has 1 amide bonds. The summed E-state index contributed by atoms with van der Waals surface area (Å²) >= 11 is 0.